The molecule has 2 unspecified atom stereocenters. The van der Waals surface area contributed by atoms with Gasteiger partial charge in [-0.25, -0.2) is 9.97 Å². The molecule has 5 nitrogen and oxygen atoms in total. The fourth-order valence-electron chi connectivity index (χ4n) is 2.51. The van der Waals surface area contributed by atoms with E-state index >= 15 is 0 Å². The van der Waals surface area contributed by atoms with E-state index < -0.39 is 17.7 Å². The lowest BCUT2D eigenvalue weighted by atomic mass is 9.77. The van der Waals surface area contributed by atoms with Crippen LogP contribution < -0.4 is 5.32 Å². The second-order valence-electron chi connectivity index (χ2n) is 5.31. The number of anilines is 1. The van der Waals surface area contributed by atoms with Crippen molar-refractivity contribution in [2.75, 3.05) is 11.9 Å². The van der Waals surface area contributed by atoms with Crippen LogP contribution in [0.2, 0.25) is 0 Å². The van der Waals surface area contributed by atoms with E-state index in [2.05, 4.69) is 15.3 Å². The van der Waals surface area contributed by atoms with Crippen molar-refractivity contribution in [3.8, 4) is 6.07 Å². The maximum Gasteiger partial charge on any atom is 0.391 e. The van der Waals surface area contributed by atoms with E-state index in [9.17, 15) is 18.3 Å². The topological polar surface area (TPSA) is 81.8 Å². The maximum atomic E-state index is 12.7. The summed E-state index contributed by atoms with van der Waals surface area (Å²) in [5.74, 6) is -1.15. The molecular formula is C13H15F3N4O. The number of hydrogen-bond donors (Lipinski definition) is 2. The molecule has 1 aliphatic carbocycles. The molecule has 0 bridgehead atoms. The van der Waals surface area contributed by atoms with Gasteiger partial charge in [-0.3, -0.25) is 0 Å². The molecule has 1 heterocycles. The predicted octanol–water partition coefficient (Wildman–Crippen LogP) is 2.24. The highest BCUT2D eigenvalue weighted by Crippen LogP contribution is 2.41. The second-order valence-corrected chi connectivity index (χ2v) is 5.31. The van der Waals surface area contributed by atoms with Crippen LogP contribution in [0.15, 0.2) is 12.4 Å². The molecule has 0 aliphatic heterocycles. The number of hydrogen-bond acceptors (Lipinski definition) is 5. The molecule has 2 rings (SSSR count). The lowest BCUT2D eigenvalue weighted by Crippen LogP contribution is -2.45. The summed E-state index contributed by atoms with van der Waals surface area (Å²) in [5.41, 5.74) is -1.26. The van der Waals surface area contributed by atoms with Crippen molar-refractivity contribution in [2.45, 2.75) is 37.5 Å². The van der Waals surface area contributed by atoms with Crippen molar-refractivity contribution < 1.29 is 18.3 Å². The van der Waals surface area contributed by atoms with Crippen LogP contribution in [0.5, 0.6) is 0 Å². The highest BCUT2D eigenvalue weighted by atomic mass is 19.4. The summed E-state index contributed by atoms with van der Waals surface area (Å²) >= 11 is 0. The Kier molecular flexibility index (Phi) is 4.32. The average Bonchev–Trinajstić information content (AvgIpc) is 2.45. The van der Waals surface area contributed by atoms with Crippen LogP contribution in [0, 0.1) is 17.2 Å². The molecular weight excluding hydrogens is 285 g/mol. The number of nitriles is 1. The van der Waals surface area contributed by atoms with Crippen LogP contribution in [-0.2, 0) is 0 Å². The number of alkyl halides is 3. The van der Waals surface area contributed by atoms with E-state index in [1.165, 1.54) is 12.4 Å². The molecule has 1 saturated carbocycles. The zero-order valence-electron chi connectivity index (χ0n) is 11.2. The van der Waals surface area contributed by atoms with Crippen molar-refractivity contribution in [3.63, 3.8) is 0 Å². The molecule has 8 heteroatoms. The van der Waals surface area contributed by atoms with E-state index in [1.54, 1.807) is 0 Å². The molecule has 21 heavy (non-hydrogen) atoms. The normalized spacial score (nSPS) is 26.1. The molecule has 0 aromatic carbocycles. The molecule has 2 N–H and O–H groups in total. The maximum absolute atomic E-state index is 12.7. The van der Waals surface area contributed by atoms with Gasteiger partial charge in [0.15, 0.2) is 5.69 Å². The lowest BCUT2D eigenvalue weighted by Gasteiger charge is -2.37. The zero-order valence-corrected chi connectivity index (χ0v) is 11.2. The van der Waals surface area contributed by atoms with Crippen LogP contribution in [0.25, 0.3) is 0 Å². The molecule has 0 radical (unpaired) electrons. The van der Waals surface area contributed by atoms with Crippen molar-refractivity contribution in [1.82, 2.24) is 9.97 Å². The van der Waals surface area contributed by atoms with Gasteiger partial charge in [0.05, 0.1) is 23.9 Å². The van der Waals surface area contributed by atoms with Crippen LogP contribution in [0.3, 0.4) is 0 Å². The summed E-state index contributed by atoms with van der Waals surface area (Å²) in [7, 11) is 0. The van der Waals surface area contributed by atoms with E-state index in [1.807, 2.05) is 6.07 Å². The molecule has 0 amide bonds. The summed E-state index contributed by atoms with van der Waals surface area (Å²) < 4.78 is 38.2. The van der Waals surface area contributed by atoms with Crippen LogP contribution in [0.1, 0.15) is 31.4 Å². The van der Waals surface area contributed by atoms with Gasteiger partial charge in [0.25, 0.3) is 0 Å². The van der Waals surface area contributed by atoms with Crippen molar-refractivity contribution >= 4 is 5.82 Å². The highest BCUT2D eigenvalue weighted by Gasteiger charge is 2.46. The molecule has 1 aliphatic rings. The standard InChI is InChI=1S/C13H15F3N4O/c14-13(15,16)9-2-1-3-12(21,4-9)8-20-11-7-18-10(5-17)6-19-11/h6-7,9,21H,1-4,8H2,(H,19,20). The Morgan fingerprint density at radius 3 is 2.76 bits per heavy atom. The van der Waals surface area contributed by atoms with Gasteiger partial charge in [0, 0.05) is 6.54 Å². The Morgan fingerprint density at radius 1 is 1.43 bits per heavy atom. The Morgan fingerprint density at radius 2 is 2.19 bits per heavy atom. The van der Waals surface area contributed by atoms with Gasteiger partial charge < -0.3 is 10.4 Å². The Balaban J connectivity index is 1.96. The highest BCUT2D eigenvalue weighted by molar-refractivity contribution is 5.33. The molecule has 0 spiro atoms. The van der Waals surface area contributed by atoms with Gasteiger partial charge in [0.2, 0.25) is 0 Å². The Bertz CT molecular complexity index is 526. The minimum absolute atomic E-state index is 0.0276. The summed E-state index contributed by atoms with van der Waals surface area (Å²) in [6, 6.07) is 1.81. The summed E-state index contributed by atoms with van der Waals surface area (Å²) in [6.45, 7) is -0.0276. The third kappa shape index (κ3) is 4.04. The quantitative estimate of drug-likeness (QED) is 0.894. The first-order valence-corrected chi connectivity index (χ1v) is 6.57. The van der Waals surface area contributed by atoms with Gasteiger partial charge in [-0.15, -0.1) is 0 Å². The van der Waals surface area contributed by atoms with Crippen LogP contribution in [-0.4, -0.2) is 33.4 Å². The lowest BCUT2D eigenvalue weighted by molar-refractivity contribution is -0.199. The first-order chi connectivity index (χ1) is 9.82. The van der Waals surface area contributed by atoms with Gasteiger partial charge in [-0.1, -0.05) is 0 Å². The minimum atomic E-state index is -4.28. The second kappa shape index (κ2) is 5.85. The van der Waals surface area contributed by atoms with E-state index in [-0.39, 0.29) is 25.1 Å². The minimum Gasteiger partial charge on any atom is -0.388 e. The fraction of sp³-hybridized carbons (Fsp3) is 0.615. The van der Waals surface area contributed by atoms with Gasteiger partial charge in [-0.05, 0) is 25.7 Å². The van der Waals surface area contributed by atoms with E-state index in [0.717, 1.165) is 0 Å². The number of aliphatic hydroxyl groups is 1. The van der Waals surface area contributed by atoms with Gasteiger partial charge in [0.1, 0.15) is 11.9 Å². The first kappa shape index (κ1) is 15.5. The first-order valence-electron chi connectivity index (χ1n) is 6.57. The van der Waals surface area contributed by atoms with E-state index in [4.69, 9.17) is 5.26 Å². The van der Waals surface area contributed by atoms with Crippen molar-refractivity contribution in [1.29, 1.82) is 5.26 Å². The average molecular weight is 300 g/mol. The largest absolute Gasteiger partial charge is 0.391 e. The number of nitrogens with zero attached hydrogens (tertiary/aromatic N) is 3. The zero-order chi connectivity index (χ0) is 15.5. The fourth-order valence-corrected chi connectivity index (χ4v) is 2.51. The SMILES string of the molecule is N#Cc1cnc(NCC2(O)CCCC(C(F)(F)F)C2)cn1. The van der Waals surface area contributed by atoms with Crippen molar-refractivity contribution in [2.24, 2.45) is 5.92 Å². The molecule has 2 atom stereocenters. The smallest absolute Gasteiger partial charge is 0.388 e. The Labute approximate surface area is 119 Å². The van der Waals surface area contributed by atoms with Crippen LogP contribution in [0.4, 0.5) is 19.0 Å². The molecule has 1 aromatic rings. The van der Waals surface area contributed by atoms with Crippen molar-refractivity contribution in [3.05, 3.63) is 18.1 Å². The summed E-state index contributed by atoms with van der Waals surface area (Å²) in [4.78, 5) is 7.69. The molecule has 1 aromatic heterocycles. The molecule has 114 valence electrons. The third-order valence-electron chi connectivity index (χ3n) is 3.65. The predicted molar refractivity (Wildman–Crippen MR) is 68.2 cm³/mol. The van der Waals surface area contributed by atoms with E-state index in [0.29, 0.717) is 18.7 Å². The number of halogens is 3. The van der Waals surface area contributed by atoms with Gasteiger partial charge in [-0.2, -0.15) is 18.4 Å². The monoisotopic (exact) mass is 300 g/mol. The number of aromatic nitrogens is 2. The summed E-state index contributed by atoms with van der Waals surface area (Å²) in [6.07, 6.45) is -1.31. The van der Waals surface area contributed by atoms with Crippen LogP contribution >= 0.6 is 0 Å². The third-order valence-corrected chi connectivity index (χ3v) is 3.65. The summed E-state index contributed by atoms with van der Waals surface area (Å²) in [5, 5.41) is 21.7. The number of nitrogens with one attached hydrogen (secondary N) is 1. The molecule has 1 fully saturated rings. The van der Waals surface area contributed by atoms with Gasteiger partial charge >= 0.3 is 6.18 Å². The Hall–Kier alpha value is -1.88. The molecule has 0 saturated heterocycles. The number of rotatable bonds is 3.